The van der Waals surface area contributed by atoms with Crippen LogP contribution < -0.4 is 10.2 Å². The van der Waals surface area contributed by atoms with Crippen molar-refractivity contribution in [2.45, 2.75) is 32.5 Å². The maximum atomic E-state index is 5.85. The van der Waals surface area contributed by atoms with Crippen molar-refractivity contribution in [1.82, 2.24) is 14.9 Å². The zero-order chi connectivity index (χ0) is 21.4. The Hall–Kier alpha value is -3.38. The molecular formula is C25H24N4OS. The molecule has 2 atom stereocenters. The van der Waals surface area contributed by atoms with Crippen molar-refractivity contribution in [1.29, 1.82) is 0 Å². The van der Waals surface area contributed by atoms with Gasteiger partial charge in [-0.25, -0.2) is 0 Å². The van der Waals surface area contributed by atoms with Gasteiger partial charge in [0, 0.05) is 23.8 Å². The summed E-state index contributed by atoms with van der Waals surface area (Å²) >= 11 is 5.85. The van der Waals surface area contributed by atoms with Gasteiger partial charge in [-0.1, -0.05) is 12.1 Å². The van der Waals surface area contributed by atoms with Crippen molar-refractivity contribution in [2.24, 2.45) is 0 Å². The highest BCUT2D eigenvalue weighted by atomic mass is 32.1. The molecule has 0 aliphatic carbocycles. The zero-order valence-corrected chi connectivity index (χ0v) is 18.3. The quantitative estimate of drug-likeness (QED) is 0.436. The largest absolute Gasteiger partial charge is 0.467 e. The van der Waals surface area contributed by atoms with Gasteiger partial charge in [-0.2, -0.15) is 0 Å². The van der Waals surface area contributed by atoms with Gasteiger partial charge in [0.05, 0.1) is 24.5 Å². The van der Waals surface area contributed by atoms with E-state index in [1.807, 2.05) is 30.5 Å². The zero-order valence-electron chi connectivity index (χ0n) is 17.5. The summed E-state index contributed by atoms with van der Waals surface area (Å²) in [5, 5.41) is 4.24. The minimum Gasteiger partial charge on any atom is -0.467 e. The van der Waals surface area contributed by atoms with Crippen LogP contribution in [0.4, 0.5) is 5.69 Å². The Balaban J connectivity index is 1.62. The minimum absolute atomic E-state index is 0.0468. The van der Waals surface area contributed by atoms with Gasteiger partial charge in [-0.05, 0) is 85.7 Å². The predicted octanol–water partition coefficient (Wildman–Crippen LogP) is 5.32. The molecule has 0 radical (unpaired) electrons. The second-order valence-electron chi connectivity index (χ2n) is 7.91. The lowest BCUT2D eigenvalue weighted by Gasteiger charge is -2.29. The van der Waals surface area contributed by atoms with Crippen molar-refractivity contribution in [2.75, 3.05) is 4.90 Å². The molecule has 0 saturated carbocycles. The lowest BCUT2D eigenvalue weighted by Crippen LogP contribution is -2.30. The number of hydrogen-bond acceptors (Lipinski definition) is 3. The van der Waals surface area contributed by atoms with Crippen LogP contribution in [0.5, 0.6) is 0 Å². The van der Waals surface area contributed by atoms with Crippen molar-refractivity contribution < 1.29 is 4.42 Å². The summed E-state index contributed by atoms with van der Waals surface area (Å²) in [6, 6.07) is 20.5. The van der Waals surface area contributed by atoms with E-state index in [0.29, 0.717) is 11.7 Å². The van der Waals surface area contributed by atoms with Crippen LogP contribution in [0.15, 0.2) is 83.7 Å². The number of pyridine rings is 1. The molecule has 1 N–H and O–H groups in total. The third-order valence-electron chi connectivity index (χ3n) is 5.94. The van der Waals surface area contributed by atoms with Gasteiger partial charge < -0.3 is 19.2 Å². The second-order valence-corrected chi connectivity index (χ2v) is 8.29. The summed E-state index contributed by atoms with van der Waals surface area (Å²) in [4.78, 5) is 6.86. The minimum atomic E-state index is -0.0689. The first-order valence-corrected chi connectivity index (χ1v) is 10.8. The van der Waals surface area contributed by atoms with Crippen LogP contribution in [0.1, 0.15) is 40.4 Å². The molecule has 2 unspecified atom stereocenters. The summed E-state index contributed by atoms with van der Waals surface area (Å²) in [6.07, 6.45) is 5.63. The molecule has 156 valence electrons. The molecular weight excluding hydrogens is 404 g/mol. The Morgan fingerprint density at radius 3 is 2.68 bits per heavy atom. The van der Waals surface area contributed by atoms with Crippen LogP contribution in [0.25, 0.3) is 0 Å². The molecule has 0 bridgehead atoms. The van der Waals surface area contributed by atoms with E-state index in [4.69, 9.17) is 16.6 Å². The van der Waals surface area contributed by atoms with Crippen molar-refractivity contribution in [3.63, 3.8) is 0 Å². The molecule has 4 heterocycles. The van der Waals surface area contributed by atoms with Crippen molar-refractivity contribution in [3.8, 4) is 0 Å². The fourth-order valence-corrected chi connectivity index (χ4v) is 4.57. The number of anilines is 1. The van der Waals surface area contributed by atoms with Crippen LogP contribution in [0, 0.1) is 13.8 Å². The summed E-state index contributed by atoms with van der Waals surface area (Å²) < 4.78 is 7.83. The van der Waals surface area contributed by atoms with E-state index in [1.54, 1.807) is 6.26 Å². The smallest absolute Gasteiger partial charge is 0.174 e. The molecule has 1 aliphatic heterocycles. The average molecular weight is 429 g/mol. The number of furan rings is 1. The molecule has 4 aromatic rings. The highest BCUT2D eigenvalue weighted by Crippen LogP contribution is 2.42. The lowest BCUT2D eigenvalue weighted by molar-refractivity contribution is 0.475. The molecule has 1 aliphatic rings. The fourth-order valence-electron chi connectivity index (χ4n) is 4.22. The van der Waals surface area contributed by atoms with Gasteiger partial charge in [-0.15, -0.1) is 0 Å². The van der Waals surface area contributed by atoms with E-state index >= 15 is 0 Å². The number of nitrogens with zero attached hydrogens (tertiary/aromatic N) is 3. The Labute approximate surface area is 187 Å². The lowest BCUT2D eigenvalue weighted by atomic mass is 10.00. The van der Waals surface area contributed by atoms with E-state index in [1.165, 1.54) is 11.1 Å². The molecule has 6 heteroatoms. The standard InChI is InChI=1S/C25H24N4OS/c1-17-10-11-19(15-18(17)2)29-24(23(27-25(29)31)21-8-3-4-12-26-21)22-9-5-13-28(22)16-20-7-6-14-30-20/h3-15,23-24H,16H2,1-2H3,(H,27,31). The molecule has 0 spiro atoms. The van der Waals surface area contributed by atoms with Gasteiger partial charge in [-0.3, -0.25) is 4.98 Å². The Kier molecular flexibility index (Phi) is 5.08. The topological polar surface area (TPSA) is 46.2 Å². The summed E-state index contributed by atoms with van der Waals surface area (Å²) in [5.41, 5.74) is 5.70. The number of hydrogen-bond donors (Lipinski definition) is 1. The van der Waals surface area contributed by atoms with Gasteiger partial charge in [0.2, 0.25) is 0 Å². The first-order valence-electron chi connectivity index (χ1n) is 10.4. The van der Waals surface area contributed by atoms with E-state index in [0.717, 1.165) is 22.8 Å². The first-order chi connectivity index (χ1) is 15.1. The Morgan fingerprint density at radius 1 is 1.03 bits per heavy atom. The number of aryl methyl sites for hydroxylation is 2. The highest BCUT2D eigenvalue weighted by Gasteiger charge is 2.42. The predicted molar refractivity (Wildman–Crippen MR) is 126 cm³/mol. The van der Waals surface area contributed by atoms with E-state index in [2.05, 4.69) is 76.2 Å². The van der Waals surface area contributed by atoms with Gasteiger partial charge >= 0.3 is 0 Å². The molecule has 3 aromatic heterocycles. The second kappa shape index (κ2) is 8.04. The molecule has 5 nitrogen and oxygen atoms in total. The SMILES string of the molecule is Cc1ccc(N2C(=S)NC(c3ccccn3)C2c2cccn2Cc2ccco2)cc1C. The monoisotopic (exact) mass is 428 g/mol. The third kappa shape index (κ3) is 3.64. The number of thiocarbonyl (C=S) groups is 1. The molecule has 31 heavy (non-hydrogen) atoms. The van der Waals surface area contributed by atoms with Crippen LogP contribution in [-0.2, 0) is 6.54 Å². The van der Waals surface area contributed by atoms with E-state index in [9.17, 15) is 0 Å². The van der Waals surface area contributed by atoms with E-state index in [-0.39, 0.29) is 12.1 Å². The Morgan fingerprint density at radius 2 is 1.94 bits per heavy atom. The number of rotatable bonds is 5. The number of benzene rings is 1. The van der Waals surface area contributed by atoms with Crippen LogP contribution in [0.2, 0.25) is 0 Å². The van der Waals surface area contributed by atoms with Crippen LogP contribution >= 0.6 is 12.2 Å². The maximum absolute atomic E-state index is 5.85. The molecule has 5 rings (SSSR count). The summed E-state index contributed by atoms with van der Waals surface area (Å²) in [7, 11) is 0. The van der Waals surface area contributed by atoms with Crippen LogP contribution in [0.3, 0.4) is 0 Å². The van der Waals surface area contributed by atoms with Crippen molar-refractivity contribution in [3.05, 3.63) is 108 Å². The third-order valence-corrected chi connectivity index (χ3v) is 6.26. The first kappa shape index (κ1) is 19.6. The number of aromatic nitrogens is 2. The number of nitrogens with one attached hydrogen (secondary N) is 1. The molecule has 1 saturated heterocycles. The van der Waals surface area contributed by atoms with Crippen LogP contribution in [-0.4, -0.2) is 14.7 Å². The van der Waals surface area contributed by atoms with E-state index < -0.39 is 0 Å². The molecule has 1 fully saturated rings. The highest BCUT2D eigenvalue weighted by molar-refractivity contribution is 7.80. The molecule has 0 amide bonds. The summed E-state index contributed by atoms with van der Waals surface area (Å²) in [5.74, 6) is 0.915. The maximum Gasteiger partial charge on any atom is 0.174 e. The Bertz CT molecular complexity index is 1200. The fraction of sp³-hybridized carbons (Fsp3) is 0.200. The van der Waals surface area contributed by atoms with Gasteiger partial charge in [0.1, 0.15) is 11.8 Å². The average Bonchev–Trinajstić information content (AvgIpc) is 3.52. The van der Waals surface area contributed by atoms with Gasteiger partial charge in [0.15, 0.2) is 5.11 Å². The van der Waals surface area contributed by atoms with Crippen molar-refractivity contribution >= 4 is 23.0 Å². The normalized spacial score (nSPS) is 18.4. The van der Waals surface area contributed by atoms with Gasteiger partial charge in [0.25, 0.3) is 0 Å². The summed E-state index contributed by atoms with van der Waals surface area (Å²) in [6.45, 7) is 4.92. The molecule has 1 aromatic carbocycles.